The molecule has 0 aliphatic carbocycles. The van der Waals surface area contributed by atoms with Crippen LogP contribution in [0.1, 0.15) is 15.9 Å². The molecule has 2 heterocycles. The van der Waals surface area contributed by atoms with Crippen LogP contribution in [0.5, 0.6) is 0 Å². The second-order valence-electron chi connectivity index (χ2n) is 7.37. The van der Waals surface area contributed by atoms with E-state index in [0.29, 0.717) is 11.6 Å². The summed E-state index contributed by atoms with van der Waals surface area (Å²) in [6.45, 7) is 0.665. The van der Waals surface area contributed by atoms with Crippen LogP contribution >= 0.6 is 22.6 Å². The van der Waals surface area contributed by atoms with Crippen molar-refractivity contribution in [2.75, 3.05) is 31.6 Å². The number of aliphatic hydroxyl groups excluding tert-OH is 2. The molecule has 1 aromatic heterocycles. The van der Waals surface area contributed by atoms with Crippen LogP contribution in [0, 0.1) is 33.9 Å². The number of amides is 2. The number of carbonyl (C=O) groups is 2. The molecule has 178 valence electrons. The van der Waals surface area contributed by atoms with Gasteiger partial charge >= 0.3 is 0 Å². The fourth-order valence-corrected chi connectivity index (χ4v) is 3.61. The lowest BCUT2D eigenvalue weighted by Crippen LogP contribution is -2.56. The Morgan fingerprint density at radius 2 is 2.00 bits per heavy atom. The second kappa shape index (κ2) is 10.6. The van der Waals surface area contributed by atoms with E-state index in [4.69, 9.17) is 9.94 Å². The van der Waals surface area contributed by atoms with Gasteiger partial charge in [0.05, 0.1) is 23.8 Å². The number of halogens is 4. The molecule has 1 aliphatic rings. The highest BCUT2D eigenvalue weighted by Crippen LogP contribution is 2.31. The van der Waals surface area contributed by atoms with Crippen molar-refractivity contribution in [3.8, 4) is 0 Å². The number of hydrogen-bond acceptors (Lipinski definition) is 7. The summed E-state index contributed by atoms with van der Waals surface area (Å²) in [6, 6.07) is 2.33. The molecule has 1 aliphatic heterocycles. The van der Waals surface area contributed by atoms with Crippen molar-refractivity contribution in [3.05, 3.63) is 50.5 Å². The van der Waals surface area contributed by atoms with Gasteiger partial charge in [-0.3, -0.25) is 14.4 Å². The molecule has 0 spiro atoms. The van der Waals surface area contributed by atoms with Crippen molar-refractivity contribution in [3.63, 3.8) is 0 Å². The molecule has 4 N–H and O–H groups in total. The Hall–Kier alpha value is -2.49. The van der Waals surface area contributed by atoms with Crippen molar-refractivity contribution in [1.82, 2.24) is 15.4 Å². The summed E-state index contributed by atoms with van der Waals surface area (Å²) in [7, 11) is 0. The van der Waals surface area contributed by atoms with E-state index in [1.807, 2.05) is 22.6 Å². The van der Waals surface area contributed by atoms with Crippen LogP contribution in [0.3, 0.4) is 0 Å². The maximum absolute atomic E-state index is 14.6. The minimum Gasteiger partial charge on any atom is -0.394 e. The van der Waals surface area contributed by atoms with Crippen molar-refractivity contribution in [2.45, 2.75) is 13.0 Å². The third kappa shape index (κ3) is 5.72. The van der Waals surface area contributed by atoms with Crippen LogP contribution in [0.2, 0.25) is 0 Å². The molecule has 33 heavy (non-hydrogen) atoms. The predicted molar refractivity (Wildman–Crippen MR) is 118 cm³/mol. The lowest BCUT2D eigenvalue weighted by molar-refractivity contribution is -0.145. The number of hydroxylamine groups is 1. The van der Waals surface area contributed by atoms with Crippen molar-refractivity contribution < 1.29 is 37.8 Å². The Morgan fingerprint density at radius 3 is 2.64 bits per heavy atom. The third-order valence-electron chi connectivity index (χ3n) is 4.88. The average Bonchev–Trinajstić information content (AvgIpc) is 2.74. The maximum Gasteiger partial charge on any atom is 0.256 e. The normalized spacial score (nSPS) is 14.6. The number of likely N-dealkylation sites (tertiary alicyclic amines) is 1. The summed E-state index contributed by atoms with van der Waals surface area (Å²) < 4.78 is 43.3. The zero-order valence-corrected chi connectivity index (χ0v) is 19.4. The van der Waals surface area contributed by atoms with E-state index in [-0.39, 0.29) is 25.5 Å². The molecule has 0 unspecified atom stereocenters. The first kappa shape index (κ1) is 25.1. The SMILES string of the molecule is Cc1cc(I)cnc1Nc1c(C(=O)N2CC(C(=O)NOC[C@H](O)CO)C2)cc(F)c(F)c1F. The van der Waals surface area contributed by atoms with Gasteiger partial charge in [0.15, 0.2) is 17.5 Å². The molecular weight excluding hydrogens is 560 g/mol. The Bertz CT molecular complexity index is 1070. The molecule has 0 bridgehead atoms. The molecule has 1 saturated heterocycles. The standard InChI is InChI=1S/C20H20F3IN4O5/c1-9-2-11(24)4-25-18(9)26-17-13(3-14(21)15(22)16(17)23)20(32)28-5-10(6-28)19(31)27-33-8-12(30)7-29/h2-4,10,12,29-30H,5-8H2,1H3,(H,25,26)(H,27,31)/t12-/m1/s1. The van der Waals surface area contributed by atoms with Crippen molar-refractivity contribution in [1.29, 1.82) is 0 Å². The molecule has 2 amide bonds. The van der Waals surface area contributed by atoms with Gasteiger partial charge in [-0.25, -0.2) is 23.6 Å². The molecule has 3 rings (SSSR count). The highest BCUT2D eigenvalue weighted by atomic mass is 127. The maximum atomic E-state index is 14.6. The second-order valence-corrected chi connectivity index (χ2v) is 8.62. The molecule has 1 aromatic carbocycles. The number of carbonyl (C=O) groups excluding carboxylic acids is 2. The van der Waals surface area contributed by atoms with Gasteiger partial charge < -0.3 is 20.4 Å². The zero-order chi connectivity index (χ0) is 24.3. The zero-order valence-electron chi connectivity index (χ0n) is 17.2. The smallest absolute Gasteiger partial charge is 0.256 e. The van der Waals surface area contributed by atoms with Crippen LogP contribution in [0.15, 0.2) is 18.3 Å². The molecule has 0 radical (unpaired) electrons. The van der Waals surface area contributed by atoms with E-state index in [1.54, 1.807) is 13.0 Å². The van der Waals surface area contributed by atoms with Gasteiger partial charge in [0.2, 0.25) is 5.91 Å². The molecule has 1 atom stereocenters. The van der Waals surface area contributed by atoms with E-state index in [9.17, 15) is 27.9 Å². The quantitative estimate of drug-likeness (QED) is 0.213. The lowest BCUT2D eigenvalue weighted by atomic mass is 9.97. The molecular formula is C20H20F3IN4O5. The number of rotatable bonds is 8. The molecule has 9 nitrogen and oxygen atoms in total. The average molecular weight is 580 g/mol. The van der Waals surface area contributed by atoms with Crippen molar-refractivity contribution >= 4 is 45.9 Å². The number of aryl methyl sites for hydroxylation is 1. The minimum atomic E-state index is -1.74. The van der Waals surface area contributed by atoms with Gasteiger partial charge in [0.1, 0.15) is 18.5 Å². The van der Waals surface area contributed by atoms with Crippen molar-refractivity contribution in [2.24, 2.45) is 5.92 Å². The van der Waals surface area contributed by atoms with E-state index in [0.717, 1.165) is 3.57 Å². The number of aromatic nitrogens is 1. The van der Waals surface area contributed by atoms with E-state index in [1.165, 1.54) is 11.1 Å². The monoisotopic (exact) mass is 580 g/mol. The number of pyridine rings is 1. The van der Waals surface area contributed by atoms with E-state index < -0.39 is 59.1 Å². The number of aliphatic hydroxyl groups is 2. The van der Waals surface area contributed by atoms with Crippen LogP contribution in [0.4, 0.5) is 24.7 Å². The first-order valence-electron chi connectivity index (χ1n) is 9.68. The van der Waals surface area contributed by atoms with Gasteiger partial charge in [0.25, 0.3) is 5.91 Å². The molecule has 1 fully saturated rings. The first-order valence-corrected chi connectivity index (χ1v) is 10.8. The number of anilines is 2. The number of hydrogen-bond donors (Lipinski definition) is 4. The van der Waals surface area contributed by atoms with Gasteiger partial charge in [-0.2, -0.15) is 0 Å². The van der Waals surface area contributed by atoms with E-state index in [2.05, 4.69) is 15.8 Å². The highest BCUT2D eigenvalue weighted by molar-refractivity contribution is 14.1. The predicted octanol–water partition coefficient (Wildman–Crippen LogP) is 1.63. The van der Waals surface area contributed by atoms with E-state index >= 15 is 0 Å². The summed E-state index contributed by atoms with van der Waals surface area (Å²) in [5, 5.41) is 20.4. The highest BCUT2D eigenvalue weighted by Gasteiger charge is 2.38. The number of nitrogens with one attached hydrogen (secondary N) is 2. The lowest BCUT2D eigenvalue weighted by Gasteiger charge is -2.38. The Kier molecular flexibility index (Phi) is 8.10. The van der Waals surface area contributed by atoms with Gasteiger partial charge in [-0.05, 0) is 47.2 Å². The van der Waals surface area contributed by atoms with Gasteiger partial charge in [-0.1, -0.05) is 0 Å². The Labute approximate surface area is 200 Å². The summed E-state index contributed by atoms with van der Waals surface area (Å²) in [6.07, 6.45) is 0.320. The minimum absolute atomic E-state index is 0.0720. The number of benzene rings is 1. The fourth-order valence-electron chi connectivity index (χ4n) is 3.00. The third-order valence-corrected chi connectivity index (χ3v) is 5.47. The summed E-state index contributed by atoms with van der Waals surface area (Å²) >= 11 is 2.03. The topological polar surface area (TPSA) is 124 Å². The first-order chi connectivity index (χ1) is 15.6. The van der Waals surface area contributed by atoms with Crippen LogP contribution in [0.25, 0.3) is 0 Å². The summed E-state index contributed by atoms with van der Waals surface area (Å²) in [5.74, 6) is -6.70. The summed E-state index contributed by atoms with van der Waals surface area (Å²) in [5.41, 5.74) is 1.67. The Morgan fingerprint density at radius 1 is 1.30 bits per heavy atom. The van der Waals surface area contributed by atoms with Crippen LogP contribution < -0.4 is 10.8 Å². The molecule has 2 aromatic rings. The fraction of sp³-hybridized carbons (Fsp3) is 0.350. The van der Waals surface area contributed by atoms with Gasteiger partial charge in [-0.15, -0.1) is 0 Å². The van der Waals surface area contributed by atoms with Gasteiger partial charge in [0, 0.05) is 22.9 Å². The van der Waals surface area contributed by atoms with Crippen LogP contribution in [-0.2, 0) is 9.63 Å². The Balaban J connectivity index is 1.74. The van der Waals surface area contributed by atoms with Crippen LogP contribution in [-0.4, -0.2) is 64.3 Å². The molecule has 0 saturated carbocycles. The number of nitrogens with zero attached hydrogens (tertiary/aromatic N) is 2. The largest absolute Gasteiger partial charge is 0.394 e. The molecule has 13 heteroatoms. The summed E-state index contributed by atoms with van der Waals surface area (Å²) in [4.78, 5) is 34.9.